The topological polar surface area (TPSA) is 80.7 Å². The van der Waals surface area contributed by atoms with Crippen molar-refractivity contribution in [1.29, 1.82) is 0 Å². The summed E-state index contributed by atoms with van der Waals surface area (Å²) in [6.07, 6.45) is 1.39. The summed E-state index contributed by atoms with van der Waals surface area (Å²) < 4.78 is 28.3. The lowest BCUT2D eigenvalue weighted by Gasteiger charge is -2.32. The van der Waals surface area contributed by atoms with Gasteiger partial charge in [0.15, 0.2) is 15.9 Å². The Morgan fingerprint density at radius 3 is 2.67 bits per heavy atom. The molecule has 5 nitrogen and oxygen atoms in total. The molecule has 2 atom stereocenters. The predicted octanol–water partition coefficient (Wildman–Crippen LogP) is 0.197. The molecule has 15 heavy (non-hydrogen) atoms. The fraction of sp³-hybridized carbons (Fsp3) is 0.889. The largest absolute Gasteiger partial charge is 0.479 e. The van der Waals surface area contributed by atoms with Gasteiger partial charge in [0, 0.05) is 0 Å². The quantitative estimate of drug-likeness (QED) is 0.701. The first-order valence-corrected chi connectivity index (χ1v) is 6.86. The number of aliphatic carboxylic acids is 1. The molecule has 0 aromatic carbocycles. The van der Waals surface area contributed by atoms with Crippen molar-refractivity contribution < 1.29 is 23.1 Å². The van der Waals surface area contributed by atoms with Crippen molar-refractivity contribution in [3.8, 4) is 0 Å². The van der Waals surface area contributed by atoms with Gasteiger partial charge >= 0.3 is 5.97 Å². The van der Waals surface area contributed by atoms with Crippen molar-refractivity contribution in [3.05, 3.63) is 0 Å². The highest BCUT2D eigenvalue weighted by Crippen LogP contribution is 2.38. The summed E-state index contributed by atoms with van der Waals surface area (Å²) >= 11 is 0. The fourth-order valence-electron chi connectivity index (χ4n) is 2.44. The molecule has 0 saturated carbocycles. The minimum atomic E-state index is -3.04. The van der Waals surface area contributed by atoms with Crippen LogP contribution in [-0.2, 0) is 19.4 Å². The average molecular weight is 234 g/mol. The lowest BCUT2D eigenvalue weighted by molar-refractivity contribution is -0.153. The highest BCUT2D eigenvalue weighted by atomic mass is 32.2. The molecule has 1 spiro atoms. The van der Waals surface area contributed by atoms with E-state index in [4.69, 9.17) is 9.84 Å². The van der Waals surface area contributed by atoms with Crippen LogP contribution in [0.15, 0.2) is 0 Å². The normalized spacial score (nSPS) is 39.3. The predicted molar refractivity (Wildman–Crippen MR) is 52.4 cm³/mol. The number of carbonyl (C=O) groups is 1. The van der Waals surface area contributed by atoms with Crippen LogP contribution < -0.4 is 0 Å². The van der Waals surface area contributed by atoms with E-state index in [2.05, 4.69) is 0 Å². The van der Waals surface area contributed by atoms with Crippen molar-refractivity contribution in [1.82, 2.24) is 0 Å². The lowest BCUT2D eigenvalue weighted by atomic mass is 9.96. The van der Waals surface area contributed by atoms with Crippen molar-refractivity contribution in [3.63, 3.8) is 0 Å². The van der Waals surface area contributed by atoms with Gasteiger partial charge in [0.05, 0.1) is 17.1 Å². The van der Waals surface area contributed by atoms with Gasteiger partial charge in [0.25, 0.3) is 0 Å². The maximum atomic E-state index is 11.5. The molecule has 0 bridgehead atoms. The Morgan fingerprint density at radius 2 is 2.13 bits per heavy atom. The molecule has 0 radical (unpaired) electrons. The molecule has 0 aromatic rings. The number of sulfone groups is 1. The smallest absolute Gasteiger partial charge is 0.332 e. The van der Waals surface area contributed by atoms with Gasteiger partial charge in [-0.05, 0) is 25.7 Å². The van der Waals surface area contributed by atoms with Crippen LogP contribution in [0.25, 0.3) is 0 Å². The lowest BCUT2D eigenvalue weighted by Crippen LogP contribution is -2.43. The monoisotopic (exact) mass is 234 g/mol. The Morgan fingerprint density at radius 1 is 1.40 bits per heavy atom. The minimum Gasteiger partial charge on any atom is -0.479 e. The van der Waals surface area contributed by atoms with E-state index in [1.807, 2.05) is 0 Å². The molecule has 2 aliphatic heterocycles. The third-order valence-electron chi connectivity index (χ3n) is 3.10. The van der Waals surface area contributed by atoms with E-state index in [0.717, 1.165) is 0 Å². The zero-order valence-electron chi connectivity index (χ0n) is 8.31. The third-order valence-corrected chi connectivity index (χ3v) is 4.98. The van der Waals surface area contributed by atoms with Crippen molar-refractivity contribution >= 4 is 15.8 Å². The molecule has 2 unspecified atom stereocenters. The molecule has 0 aliphatic carbocycles. The summed E-state index contributed by atoms with van der Waals surface area (Å²) in [5.41, 5.74) is -0.708. The molecule has 0 amide bonds. The van der Waals surface area contributed by atoms with Gasteiger partial charge < -0.3 is 9.84 Å². The van der Waals surface area contributed by atoms with Gasteiger partial charge in [-0.2, -0.15) is 0 Å². The second-order valence-electron chi connectivity index (χ2n) is 4.36. The Hall–Kier alpha value is -0.620. The summed E-state index contributed by atoms with van der Waals surface area (Å²) in [6, 6.07) is 0. The number of carboxylic acids is 1. The molecular weight excluding hydrogens is 220 g/mol. The molecule has 0 aromatic heterocycles. The third kappa shape index (κ3) is 2.15. The highest BCUT2D eigenvalue weighted by Gasteiger charge is 2.47. The van der Waals surface area contributed by atoms with Crippen molar-refractivity contribution in [2.75, 3.05) is 11.5 Å². The summed E-state index contributed by atoms with van der Waals surface area (Å²) in [5.74, 6) is -0.797. The fourth-order valence-corrected chi connectivity index (χ4v) is 4.32. The second kappa shape index (κ2) is 3.45. The van der Waals surface area contributed by atoms with Crippen LogP contribution in [-0.4, -0.2) is 42.7 Å². The zero-order valence-corrected chi connectivity index (χ0v) is 9.12. The van der Waals surface area contributed by atoms with Gasteiger partial charge in [0.1, 0.15) is 0 Å². The molecule has 2 heterocycles. The molecule has 2 saturated heterocycles. The van der Waals surface area contributed by atoms with Crippen LogP contribution in [0.5, 0.6) is 0 Å². The first kappa shape index (κ1) is 10.9. The van der Waals surface area contributed by atoms with Gasteiger partial charge in [-0.1, -0.05) is 0 Å². The van der Waals surface area contributed by atoms with E-state index in [1.165, 1.54) is 0 Å². The van der Waals surface area contributed by atoms with Crippen LogP contribution in [0.2, 0.25) is 0 Å². The van der Waals surface area contributed by atoms with Crippen LogP contribution in [0.4, 0.5) is 0 Å². The van der Waals surface area contributed by atoms with E-state index in [1.54, 1.807) is 0 Å². The Balaban J connectivity index is 2.13. The summed E-state index contributed by atoms with van der Waals surface area (Å²) in [6.45, 7) is 0. The second-order valence-corrected chi connectivity index (χ2v) is 6.55. The average Bonchev–Trinajstić information content (AvgIpc) is 2.46. The molecule has 2 rings (SSSR count). The van der Waals surface area contributed by atoms with Crippen LogP contribution >= 0.6 is 0 Å². The molecule has 2 fully saturated rings. The zero-order chi connectivity index (χ0) is 11.1. The number of ether oxygens (including phenoxy) is 1. The molecule has 6 heteroatoms. The highest BCUT2D eigenvalue weighted by molar-refractivity contribution is 7.91. The summed E-state index contributed by atoms with van der Waals surface area (Å²) in [7, 11) is -3.04. The maximum Gasteiger partial charge on any atom is 0.332 e. The van der Waals surface area contributed by atoms with Gasteiger partial charge in [-0.25, -0.2) is 13.2 Å². The first-order valence-electron chi connectivity index (χ1n) is 5.04. The number of hydrogen-bond donors (Lipinski definition) is 1. The molecule has 86 valence electrons. The molecular formula is C9H14O5S. The van der Waals surface area contributed by atoms with E-state index in [-0.39, 0.29) is 11.5 Å². The Labute approximate surface area is 88.3 Å². The minimum absolute atomic E-state index is 0.0101. The molecule has 1 N–H and O–H groups in total. The standard InChI is InChI=1S/C9H14O5S/c10-8(11)7-2-4-9(14-7)3-1-5-15(12,13)6-9/h7H,1-6H2,(H,10,11). The van der Waals surface area contributed by atoms with E-state index < -0.39 is 27.5 Å². The van der Waals surface area contributed by atoms with E-state index in [0.29, 0.717) is 25.7 Å². The SMILES string of the molecule is O=C(O)C1CCC2(CCCS(=O)(=O)C2)O1. The van der Waals surface area contributed by atoms with E-state index >= 15 is 0 Å². The van der Waals surface area contributed by atoms with Gasteiger partial charge in [-0.15, -0.1) is 0 Å². The van der Waals surface area contributed by atoms with Crippen LogP contribution in [0.1, 0.15) is 25.7 Å². The van der Waals surface area contributed by atoms with Crippen molar-refractivity contribution in [2.45, 2.75) is 37.4 Å². The summed E-state index contributed by atoms with van der Waals surface area (Å²) in [4.78, 5) is 10.7. The molecule has 2 aliphatic rings. The van der Waals surface area contributed by atoms with Gasteiger partial charge in [-0.3, -0.25) is 0 Å². The van der Waals surface area contributed by atoms with Gasteiger partial charge in [0.2, 0.25) is 0 Å². The Kier molecular flexibility index (Phi) is 2.50. The summed E-state index contributed by atoms with van der Waals surface area (Å²) in [5, 5.41) is 8.78. The van der Waals surface area contributed by atoms with Crippen LogP contribution in [0, 0.1) is 0 Å². The first-order chi connectivity index (χ1) is 6.93. The maximum absolute atomic E-state index is 11.5. The number of carboxylic acid groups (broad SMARTS) is 1. The van der Waals surface area contributed by atoms with E-state index in [9.17, 15) is 13.2 Å². The Bertz CT molecular complexity index is 374. The number of rotatable bonds is 1. The van der Waals surface area contributed by atoms with Crippen molar-refractivity contribution in [2.24, 2.45) is 0 Å². The van der Waals surface area contributed by atoms with Crippen LogP contribution in [0.3, 0.4) is 0 Å². The number of hydrogen-bond acceptors (Lipinski definition) is 4.